The first-order chi connectivity index (χ1) is 9.58. The van der Waals surface area contributed by atoms with Gasteiger partial charge in [0.2, 0.25) is 6.61 Å². The first-order valence-electron chi connectivity index (χ1n) is 6.36. The van der Waals surface area contributed by atoms with E-state index in [9.17, 15) is 20.1 Å². The number of aliphatic hydroxyl groups excluding tert-OH is 2. The molecule has 2 atom stereocenters. The maximum atomic E-state index is 11.9. The molecule has 5 nitrogen and oxygen atoms in total. The van der Waals surface area contributed by atoms with Gasteiger partial charge < -0.3 is 20.1 Å². The lowest BCUT2D eigenvalue weighted by molar-refractivity contribution is 0.0493. The number of phenolic OH excluding ortho intramolecular Hbond substituents is 1. The zero-order valence-electron chi connectivity index (χ0n) is 10.8. The van der Waals surface area contributed by atoms with E-state index in [-0.39, 0.29) is 24.2 Å². The average molecular weight is 276 g/mol. The molecule has 1 aliphatic rings. The number of benzene rings is 1. The molecule has 1 aromatic carbocycles. The van der Waals surface area contributed by atoms with Crippen molar-refractivity contribution in [3.8, 4) is 5.75 Å². The van der Waals surface area contributed by atoms with E-state index in [0.717, 1.165) is 0 Å². The van der Waals surface area contributed by atoms with Gasteiger partial charge in [-0.15, -0.1) is 0 Å². The van der Waals surface area contributed by atoms with E-state index in [4.69, 9.17) is 4.74 Å². The van der Waals surface area contributed by atoms with E-state index in [2.05, 4.69) is 6.61 Å². The molecule has 1 aromatic rings. The standard InChI is InChI=1S/C15H16O5/c16-11-5-1-3-10-4-2-6-13(18)14(10)15(19)20-8-7-12(17)9-11/h1-4,6,11-12,16-18H,5,7,9H2/b3-1+. The molecule has 0 fully saturated rings. The van der Waals surface area contributed by atoms with Crippen LogP contribution in [0.4, 0.5) is 0 Å². The summed E-state index contributed by atoms with van der Waals surface area (Å²) in [6.07, 6.45) is 2.36. The van der Waals surface area contributed by atoms with Gasteiger partial charge in [0.25, 0.3) is 0 Å². The molecule has 0 saturated heterocycles. The topological polar surface area (TPSA) is 87.0 Å². The SMILES string of the molecule is O=C1O[C]CC(O)CC(O)C/C=C/c2cccc(O)c21. The van der Waals surface area contributed by atoms with E-state index in [1.165, 1.54) is 6.07 Å². The zero-order chi connectivity index (χ0) is 14.5. The van der Waals surface area contributed by atoms with Crippen molar-refractivity contribution < 1.29 is 24.9 Å². The summed E-state index contributed by atoms with van der Waals surface area (Å²) in [7, 11) is 0. The van der Waals surface area contributed by atoms with Crippen LogP contribution in [0.5, 0.6) is 5.75 Å². The molecule has 20 heavy (non-hydrogen) atoms. The quantitative estimate of drug-likeness (QED) is 0.625. The molecule has 0 bridgehead atoms. The van der Waals surface area contributed by atoms with Gasteiger partial charge in [0.1, 0.15) is 11.3 Å². The number of aromatic hydroxyl groups is 1. The minimum absolute atomic E-state index is 0.00937. The Labute approximate surface area is 117 Å². The van der Waals surface area contributed by atoms with Crippen molar-refractivity contribution in [3.05, 3.63) is 42.0 Å². The van der Waals surface area contributed by atoms with Crippen LogP contribution >= 0.6 is 0 Å². The zero-order valence-corrected chi connectivity index (χ0v) is 10.8. The van der Waals surface area contributed by atoms with Crippen LogP contribution in [0.1, 0.15) is 35.2 Å². The van der Waals surface area contributed by atoms with Crippen LogP contribution in [-0.4, -0.2) is 33.5 Å². The van der Waals surface area contributed by atoms with E-state index in [1.54, 1.807) is 24.3 Å². The summed E-state index contributed by atoms with van der Waals surface area (Å²) in [5.41, 5.74) is 0.547. The van der Waals surface area contributed by atoms with Crippen molar-refractivity contribution >= 4 is 12.0 Å². The average Bonchev–Trinajstić information content (AvgIpc) is 2.37. The summed E-state index contributed by atoms with van der Waals surface area (Å²) in [6.45, 7) is 2.35. The highest BCUT2D eigenvalue weighted by molar-refractivity contribution is 5.96. The Morgan fingerprint density at radius 1 is 1.25 bits per heavy atom. The molecule has 106 valence electrons. The van der Waals surface area contributed by atoms with Crippen LogP contribution in [0.15, 0.2) is 24.3 Å². The number of aliphatic hydroxyl groups is 2. The molecular weight excluding hydrogens is 260 g/mol. The van der Waals surface area contributed by atoms with E-state index in [1.807, 2.05) is 0 Å². The summed E-state index contributed by atoms with van der Waals surface area (Å²) < 4.78 is 4.80. The van der Waals surface area contributed by atoms with Gasteiger partial charge in [0.05, 0.1) is 12.2 Å². The van der Waals surface area contributed by atoms with Gasteiger partial charge in [-0.2, -0.15) is 0 Å². The van der Waals surface area contributed by atoms with Gasteiger partial charge >= 0.3 is 5.97 Å². The number of carbonyl (C=O) groups is 1. The fourth-order valence-corrected chi connectivity index (χ4v) is 2.02. The molecule has 1 heterocycles. The highest BCUT2D eigenvalue weighted by atomic mass is 16.5. The molecule has 3 N–H and O–H groups in total. The van der Waals surface area contributed by atoms with Crippen molar-refractivity contribution in [2.75, 3.05) is 0 Å². The Hall–Kier alpha value is -1.85. The molecule has 1 aliphatic heterocycles. The second-order valence-electron chi connectivity index (χ2n) is 4.66. The third-order valence-corrected chi connectivity index (χ3v) is 3.01. The van der Waals surface area contributed by atoms with Crippen LogP contribution < -0.4 is 0 Å². The van der Waals surface area contributed by atoms with Crippen LogP contribution in [0.2, 0.25) is 0 Å². The summed E-state index contributed by atoms with van der Waals surface area (Å²) >= 11 is 0. The molecular formula is C15H16O5. The number of cyclic esters (lactones) is 1. The molecule has 0 aromatic heterocycles. The molecule has 0 aliphatic carbocycles. The van der Waals surface area contributed by atoms with Crippen LogP contribution in [0, 0.1) is 6.61 Å². The van der Waals surface area contributed by atoms with E-state index in [0.29, 0.717) is 12.0 Å². The smallest absolute Gasteiger partial charge is 0.343 e. The van der Waals surface area contributed by atoms with Gasteiger partial charge in [-0.25, -0.2) is 4.79 Å². The molecule has 2 unspecified atom stereocenters. The maximum absolute atomic E-state index is 11.9. The number of carbonyl (C=O) groups excluding carboxylic acids is 1. The minimum atomic E-state index is -0.825. The van der Waals surface area contributed by atoms with Crippen molar-refractivity contribution in [1.82, 2.24) is 0 Å². The molecule has 2 rings (SSSR count). The van der Waals surface area contributed by atoms with Crippen LogP contribution in [0.25, 0.3) is 6.08 Å². The molecule has 5 heteroatoms. The second kappa shape index (κ2) is 6.54. The molecule has 2 radical (unpaired) electrons. The second-order valence-corrected chi connectivity index (χ2v) is 4.66. The first-order valence-corrected chi connectivity index (χ1v) is 6.36. The van der Waals surface area contributed by atoms with Crippen molar-refractivity contribution in [2.24, 2.45) is 0 Å². The third kappa shape index (κ3) is 3.59. The lowest BCUT2D eigenvalue weighted by atomic mass is 10.0. The Morgan fingerprint density at radius 3 is 2.85 bits per heavy atom. The maximum Gasteiger partial charge on any atom is 0.343 e. The predicted molar refractivity (Wildman–Crippen MR) is 71.7 cm³/mol. The van der Waals surface area contributed by atoms with Crippen molar-refractivity contribution in [3.63, 3.8) is 0 Å². The summed E-state index contributed by atoms with van der Waals surface area (Å²) in [5.74, 6) is -0.909. The van der Waals surface area contributed by atoms with Crippen LogP contribution in [-0.2, 0) is 4.74 Å². The number of hydrogen-bond acceptors (Lipinski definition) is 5. The van der Waals surface area contributed by atoms with Crippen molar-refractivity contribution in [1.29, 1.82) is 0 Å². The molecule has 0 saturated carbocycles. The van der Waals surface area contributed by atoms with Gasteiger partial charge in [0.15, 0.2) is 0 Å². The number of phenols is 1. The number of fused-ring (bicyclic) bond motifs is 1. The monoisotopic (exact) mass is 276 g/mol. The molecule has 0 spiro atoms. The van der Waals surface area contributed by atoms with Gasteiger partial charge in [-0.05, 0) is 24.5 Å². The summed E-state index contributed by atoms with van der Waals surface area (Å²) in [6, 6.07) is 4.68. The lowest BCUT2D eigenvalue weighted by Gasteiger charge is -2.15. The Kier molecular flexibility index (Phi) is 4.76. The highest BCUT2D eigenvalue weighted by Crippen LogP contribution is 2.24. The minimum Gasteiger partial charge on any atom is -0.507 e. The number of rotatable bonds is 0. The first kappa shape index (κ1) is 14.6. The predicted octanol–water partition coefficient (Wildman–Crippen LogP) is 1.51. The number of ether oxygens (including phenoxy) is 1. The Balaban J connectivity index is 2.31. The molecule has 0 amide bonds. The van der Waals surface area contributed by atoms with Gasteiger partial charge in [0, 0.05) is 6.42 Å². The van der Waals surface area contributed by atoms with Crippen LogP contribution in [0.3, 0.4) is 0 Å². The number of esters is 1. The lowest BCUT2D eigenvalue weighted by Crippen LogP contribution is -2.18. The largest absolute Gasteiger partial charge is 0.507 e. The van der Waals surface area contributed by atoms with Gasteiger partial charge in [-0.3, -0.25) is 0 Å². The summed E-state index contributed by atoms with van der Waals surface area (Å²) in [4.78, 5) is 11.9. The van der Waals surface area contributed by atoms with E-state index >= 15 is 0 Å². The van der Waals surface area contributed by atoms with E-state index < -0.39 is 18.2 Å². The Morgan fingerprint density at radius 2 is 2.05 bits per heavy atom. The fourth-order valence-electron chi connectivity index (χ4n) is 2.02. The number of hydrogen-bond donors (Lipinski definition) is 3. The Bertz CT molecular complexity index is 509. The third-order valence-electron chi connectivity index (χ3n) is 3.01. The fraction of sp³-hybridized carbons (Fsp3) is 0.333. The van der Waals surface area contributed by atoms with Crippen molar-refractivity contribution in [2.45, 2.75) is 31.5 Å². The highest BCUT2D eigenvalue weighted by Gasteiger charge is 2.19. The van der Waals surface area contributed by atoms with Gasteiger partial charge in [-0.1, -0.05) is 24.3 Å². The normalized spacial score (nSPS) is 25.8. The summed E-state index contributed by atoms with van der Waals surface area (Å²) in [5, 5.41) is 29.1.